The molecule has 0 aliphatic carbocycles. The first kappa shape index (κ1) is 11.6. The maximum Gasteiger partial charge on any atom is 0.255 e. The second-order valence-corrected chi connectivity index (χ2v) is 3.57. The highest BCUT2D eigenvalue weighted by Gasteiger charge is 2.11. The van der Waals surface area contributed by atoms with Crippen LogP contribution in [0, 0.1) is 11.9 Å². The van der Waals surface area contributed by atoms with Gasteiger partial charge in [0.1, 0.15) is 0 Å². The Hall–Kier alpha value is -1.45. The van der Waals surface area contributed by atoms with Crippen LogP contribution in [0.1, 0.15) is 30.6 Å². The highest BCUT2D eigenvalue weighted by atomic mass is 19.1. The smallest absolute Gasteiger partial charge is 0.255 e. The van der Waals surface area contributed by atoms with Gasteiger partial charge in [-0.05, 0) is 18.1 Å². The van der Waals surface area contributed by atoms with E-state index in [1.807, 2.05) is 13.8 Å². The first-order valence-corrected chi connectivity index (χ1v) is 5.03. The molecule has 1 amide bonds. The zero-order valence-electron chi connectivity index (χ0n) is 8.96. The predicted octanol–water partition coefficient (Wildman–Crippen LogP) is 2.00. The van der Waals surface area contributed by atoms with Crippen LogP contribution in [-0.4, -0.2) is 17.4 Å². The molecule has 1 heterocycles. The quantitative estimate of drug-likeness (QED) is 0.772. The van der Waals surface area contributed by atoms with E-state index in [1.165, 1.54) is 12.3 Å². The van der Waals surface area contributed by atoms with Crippen molar-refractivity contribution < 1.29 is 9.18 Å². The van der Waals surface area contributed by atoms with E-state index in [2.05, 4.69) is 10.3 Å². The van der Waals surface area contributed by atoms with Crippen LogP contribution in [0.2, 0.25) is 0 Å². The number of carbonyl (C=O) groups excluding carboxylic acids is 1. The van der Waals surface area contributed by atoms with Crippen LogP contribution in [0.25, 0.3) is 0 Å². The van der Waals surface area contributed by atoms with Crippen LogP contribution in [0.4, 0.5) is 4.39 Å². The van der Waals surface area contributed by atoms with Crippen LogP contribution in [0.5, 0.6) is 0 Å². The summed E-state index contributed by atoms with van der Waals surface area (Å²) < 4.78 is 13.1. The SMILES string of the molecule is CCC(C)CNC(=O)c1cccnc1F. The molecule has 0 aliphatic heterocycles. The molecule has 82 valence electrons. The number of hydrogen-bond donors (Lipinski definition) is 1. The zero-order valence-corrected chi connectivity index (χ0v) is 8.96. The molecule has 1 rings (SSSR count). The summed E-state index contributed by atoms with van der Waals surface area (Å²) in [6.07, 6.45) is 2.30. The van der Waals surface area contributed by atoms with Crippen LogP contribution >= 0.6 is 0 Å². The van der Waals surface area contributed by atoms with E-state index in [1.54, 1.807) is 6.07 Å². The molecule has 1 unspecified atom stereocenters. The number of rotatable bonds is 4. The highest BCUT2D eigenvalue weighted by Crippen LogP contribution is 2.03. The molecule has 4 heteroatoms. The molecule has 0 fully saturated rings. The average molecular weight is 210 g/mol. The number of nitrogens with zero attached hydrogens (tertiary/aromatic N) is 1. The number of halogens is 1. The molecule has 0 spiro atoms. The number of carbonyl (C=O) groups is 1. The van der Waals surface area contributed by atoms with Crippen molar-refractivity contribution in [2.24, 2.45) is 5.92 Å². The van der Waals surface area contributed by atoms with E-state index < -0.39 is 11.9 Å². The fourth-order valence-corrected chi connectivity index (χ4v) is 1.06. The molecule has 15 heavy (non-hydrogen) atoms. The monoisotopic (exact) mass is 210 g/mol. The van der Waals surface area contributed by atoms with Gasteiger partial charge in [0.2, 0.25) is 5.95 Å². The average Bonchev–Trinajstić information content (AvgIpc) is 2.26. The third-order valence-electron chi connectivity index (χ3n) is 2.31. The van der Waals surface area contributed by atoms with Crippen LogP contribution in [0.3, 0.4) is 0 Å². The maximum atomic E-state index is 13.1. The summed E-state index contributed by atoms with van der Waals surface area (Å²) in [5.41, 5.74) is 0.000744. The van der Waals surface area contributed by atoms with Gasteiger partial charge in [0.25, 0.3) is 5.91 Å². The lowest BCUT2D eigenvalue weighted by molar-refractivity contribution is 0.0943. The van der Waals surface area contributed by atoms with Gasteiger partial charge in [0, 0.05) is 12.7 Å². The van der Waals surface area contributed by atoms with Gasteiger partial charge < -0.3 is 5.32 Å². The molecule has 0 aliphatic rings. The number of aromatic nitrogens is 1. The largest absolute Gasteiger partial charge is 0.352 e. The third kappa shape index (κ3) is 3.31. The molecule has 0 radical (unpaired) electrons. The minimum absolute atomic E-state index is 0.000744. The maximum absolute atomic E-state index is 13.1. The van der Waals surface area contributed by atoms with E-state index in [9.17, 15) is 9.18 Å². The fraction of sp³-hybridized carbons (Fsp3) is 0.455. The van der Waals surface area contributed by atoms with Crippen molar-refractivity contribution in [3.05, 3.63) is 29.8 Å². The lowest BCUT2D eigenvalue weighted by Gasteiger charge is -2.09. The van der Waals surface area contributed by atoms with Crippen molar-refractivity contribution in [1.29, 1.82) is 0 Å². The summed E-state index contributed by atoms with van der Waals surface area (Å²) in [4.78, 5) is 14.9. The lowest BCUT2D eigenvalue weighted by atomic mass is 10.1. The summed E-state index contributed by atoms with van der Waals surface area (Å²) in [6, 6.07) is 2.97. The normalized spacial score (nSPS) is 12.2. The molecule has 0 saturated carbocycles. The minimum Gasteiger partial charge on any atom is -0.352 e. The number of hydrogen-bond acceptors (Lipinski definition) is 2. The van der Waals surface area contributed by atoms with Gasteiger partial charge in [-0.2, -0.15) is 4.39 Å². The second-order valence-electron chi connectivity index (χ2n) is 3.57. The summed E-state index contributed by atoms with van der Waals surface area (Å²) in [5.74, 6) is -0.728. The van der Waals surface area contributed by atoms with Crippen molar-refractivity contribution in [2.75, 3.05) is 6.54 Å². The Labute approximate surface area is 88.7 Å². The van der Waals surface area contributed by atoms with E-state index in [0.717, 1.165) is 6.42 Å². The second kappa shape index (κ2) is 5.44. The Morgan fingerprint density at radius 3 is 3.00 bits per heavy atom. The van der Waals surface area contributed by atoms with E-state index in [4.69, 9.17) is 0 Å². The lowest BCUT2D eigenvalue weighted by Crippen LogP contribution is -2.28. The minimum atomic E-state index is -0.723. The number of nitrogens with one attached hydrogen (secondary N) is 1. The van der Waals surface area contributed by atoms with Crippen LogP contribution in [0.15, 0.2) is 18.3 Å². The van der Waals surface area contributed by atoms with Crippen molar-refractivity contribution in [3.8, 4) is 0 Å². The van der Waals surface area contributed by atoms with E-state index in [-0.39, 0.29) is 5.56 Å². The Bertz CT molecular complexity index is 341. The van der Waals surface area contributed by atoms with Crippen molar-refractivity contribution in [2.45, 2.75) is 20.3 Å². The number of amides is 1. The molecule has 0 saturated heterocycles. The molecule has 3 nitrogen and oxygen atoms in total. The molecule has 1 aromatic heterocycles. The van der Waals surface area contributed by atoms with Crippen LogP contribution in [-0.2, 0) is 0 Å². The Morgan fingerprint density at radius 1 is 1.67 bits per heavy atom. The summed E-state index contributed by atoms with van der Waals surface area (Å²) in [7, 11) is 0. The van der Waals surface area contributed by atoms with Crippen molar-refractivity contribution in [1.82, 2.24) is 10.3 Å². The van der Waals surface area contributed by atoms with Gasteiger partial charge in [-0.25, -0.2) is 4.98 Å². The first-order chi connectivity index (χ1) is 7.15. The number of pyridine rings is 1. The topological polar surface area (TPSA) is 42.0 Å². The van der Waals surface area contributed by atoms with Gasteiger partial charge in [0.05, 0.1) is 5.56 Å². The van der Waals surface area contributed by atoms with Gasteiger partial charge in [-0.15, -0.1) is 0 Å². The standard InChI is InChI=1S/C11H15FN2O/c1-3-8(2)7-14-11(15)9-5-4-6-13-10(9)12/h4-6,8H,3,7H2,1-2H3,(H,14,15). The summed E-state index contributed by atoms with van der Waals surface area (Å²) in [5, 5.41) is 2.67. The molecule has 0 aromatic carbocycles. The van der Waals surface area contributed by atoms with Gasteiger partial charge in [0.15, 0.2) is 0 Å². The van der Waals surface area contributed by atoms with Gasteiger partial charge >= 0.3 is 0 Å². The molecular weight excluding hydrogens is 195 g/mol. The summed E-state index contributed by atoms with van der Waals surface area (Å²) >= 11 is 0. The van der Waals surface area contributed by atoms with Gasteiger partial charge in [-0.1, -0.05) is 20.3 Å². The van der Waals surface area contributed by atoms with Gasteiger partial charge in [-0.3, -0.25) is 4.79 Å². The van der Waals surface area contributed by atoms with E-state index in [0.29, 0.717) is 12.5 Å². The molecule has 1 N–H and O–H groups in total. The Kier molecular flexibility index (Phi) is 4.21. The van der Waals surface area contributed by atoms with Crippen molar-refractivity contribution in [3.63, 3.8) is 0 Å². The molecule has 0 bridgehead atoms. The summed E-state index contributed by atoms with van der Waals surface area (Å²) in [6.45, 7) is 4.63. The Balaban J connectivity index is 2.58. The molecular formula is C11H15FN2O. The van der Waals surface area contributed by atoms with Crippen LogP contribution < -0.4 is 5.32 Å². The molecule has 1 atom stereocenters. The predicted molar refractivity (Wildman–Crippen MR) is 56.0 cm³/mol. The molecule has 1 aromatic rings. The Morgan fingerprint density at radius 2 is 2.40 bits per heavy atom. The fourth-order valence-electron chi connectivity index (χ4n) is 1.06. The zero-order chi connectivity index (χ0) is 11.3. The van der Waals surface area contributed by atoms with Crippen molar-refractivity contribution >= 4 is 5.91 Å². The first-order valence-electron chi connectivity index (χ1n) is 5.03. The highest BCUT2D eigenvalue weighted by molar-refractivity contribution is 5.94. The van der Waals surface area contributed by atoms with E-state index >= 15 is 0 Å². The third-order valence-corrected chi connectivity index (χ3v) is 2.31.